The van der Waals surface area contributed by atoms with E-state index in [1.54, 1.807) is 7.11 Å². The van der Waals surface area contributed by atoms with E-state index in [1.807, 2.05) is 64.2 Å². The fraction of sp³-hybridized carbons (Fsp3) is 0.286. The highest BCUT2D eigenvalue weighted by Gasteiger charge is 2.16. The third-order valence-electron chi connectivity index (χ3n) is 5.32. The van der Waals surface area contributed by atoms with E-state index in [0.717, 1.165) is 54.1 Å². The van der Waals surface area contributed by atoms with Gasteiger partial charge in [0.15, 0.2) is 0 Å². The first-order valence-electron chi connectivity index (χ1n) is 9.82. The van der Waals surface area contributed by atoms with Crippen LogP contribution in [0, 0.1) is 0 Å². The summed E-state index contributed by atoms with van der Waals surface area (Å²) in [4.78, 5) is 4.45. The third-order valence-corrected chi connectivity index (χ3v) is 5.32. The van der Waals surface area contributed by atoms with E-state index in [4.69, 9.17) is 9.84 Å². The monoisotopic (exact) mass is 461 g/mol. The molecule has 0 spiro atoms. The molecule has 1 aliphatic heterocycles. The molecule has 2 N–H and O–H groups in total. The largest absolute Gasteiger partial charge is 0.496 e. The van der Waals surface area contributed by atoms with Crippen LogP contribution < -0.4 is 15.4 Å². The Morgan fingerprint density at radius 1 is 1.06 bits per heavy atom. The molecule has 8 nitrogen and oxygen atoms in total. The highest BCUT2D eigenvalue weighted by atomic mass is 35.5. The lowest BCUT2D eigenvalue weighted by molar-refractivity contribution is 0.343. The summed E-state index contributed by atoms with van der Waals surface area (Å²) in [6, 6.07) is 12.4. The van der Waals surface area contributed by atoms with Gasteiger partial charge in [-0.05, 0) is 50.2 Å². The van der Waals surface area contributed by atoms with E-state index in [9.17, 15) is 0 Å². The number of ether oxygens (including phenoxy) is 1. The van der Waals surface area contributed by atoms with Gasteiger partial charge < -0.3 is 15.4 Å². The van der Waals surface area contributed by atoms with Crippen molar-refractivity contribution in [2.24, 2.45) is 0 Å². The van der Waals surface area contributed by atoms with E-state index >= 15 is 0 Å². The van der Waals surface area contributed by atoms with Gasteiger partial charge in [-0.3, -0.25) is 4.68 Å². The topological polar surface area (TPSA) is 81.3 Å². The van der Waals surface area contributed by atoms with Crippen molar-refractivity contribution >= 4 is 42.0 Å². The molecule has 0 unspecified atom stereocenters. The highest BCUT2D eigenvalue weighted by Crippen LogP contribution is 2.30. The molecule has 31 heavy (non-hydrogen) atoms. The Bertz CT molecular complexity index is 1140. The van der Waals surface area contributed by atoms with Crippen molar-refractivity contribution < 1.29 is 4.74 Å². The van der Waals surface area contributed by atoms with Crippen molar-refractivity contribution in [3.63, 3.8) is 0 Å². The first kappa shape index (κ1) is 22.9. The molecule has 0 saturated carbocycles. The van der Waals surface area contributed by atoms with Crippen LogP contribution in [0.1, 0.15) is 18.9 Å². The summed E-state index contributed by atoms with van der Waals surface area (Å²) < 4.78 is 9.44. The number of nitrogens with one attached hydrogen (secondary N) is 2. The standard InChI is InChI=1S/C21H23N7O.2ClH/c1-29-20-5-3-2-4-18(20)19-7-6-17-13-23-21(26-28(17)19)25-15-12-24-27(14-15)16-8-10-22-11-9-16;;/h2-7,12-14,16,22H,8-11H2,1H3,(H,25,26);2*1H. The van der Waals surface area contributed by atoms with Gasteiger partial charge in [0.05, 0.1) is 42.4 Å². The number of rotatable bonds is 5. The number of anilines is 2. The second-order valence-corrected chi connectivity index (χ2v) is 7.15. The molecule has 0 aliphatic carbocycles. The summed E-state index contributed by atoms with van der Waals surface area (Å²) in [5.74, 6) is 1.33. The molecular weight excluding hydrogens is 437 g/mol. The van der Waals surface area contributed by atoms with Crippen molar-refractivity contribution in [2.45, 2.75) is 18.9 Å². The average molecular weight is 462 g/mol. The molecule has 5 rings (SSSR count). The van der Waals surface area contributed by atoms with Gasteiger partial charge in [-0.2, -0.15) is 5.10 Å². The Hall–Kier alpha value is -2.81. The Morgan fingerprint density at radius 3 is 2.68 bits per heavy atom. The smallest absolute Gasteiger partial charge is 0.245 e. The van der Waals surface area contributed by atoms with E-state index in [2.05, 4.69) is 20.7 Å². The summed E-state index contributed by atoms with van der Waals surface area (Å²) in [6.07, 6.45) is 7.85. The van der Waals surface area contributed by atoms with Crippen molar-refractivity contribution in [3.8, 4) is 17.0 Å². The van der Waals surface area contributed by atoms with Gasteiger partial charge in [0.25, 0.3) is 0 Å². The number of nitrogens with zero attached hydrogens (tertiary/aromatic N) is 5. The van der Waals surface area contributed by atoms with E-state index in [0.29, 0.717) is 12.0 Å². The second kappa shape index (κ2) is 10.00. The van der Waals surface area contributed by atoms with Gasteiger partial charge in [0.1, 0.15) is 5.75 Å². The number of fused-ring (bicyclic) bond motifs is 1. The zero-order chi connectivity index (χ0) is 19.6. The van der Waals surface area contributed by atoms with Crippen molar-refractivity contribution in [2.75, 3.05) is 25.5 Å². The van der Waals surface area contributed by atoms with Crippen LogP contribution in [0.3, 0.4) is 0 Å². The maximum Gasteiger partial charge on any atom is 0.245 e. The number of halogens is 2. The summed E-state index contributed by atoms with van der Waals surface area (Å²) in [5.41, 5.74) is 3.74. The minimum absolute atomic E-state index is 0. The van der Waals surface area contributed by atoms with E-state index in [-0.39, 0.29) is 24.8 Å². The molecule has 0 radical (unpaired) electrons. The van der Waals surface area contributed by atoms with Crippen LogP contribution in [0.2, 0.25) is 0 Å². The molecule has 4 heterocycles. The van der Waals surface area contributed by atoms with Crippen LogP contribution in [0.25, 0.3) is 16.8 Å². The molecule has 10 heteroatoms. The summed E-state index contributed by atoms with van der Waals surface area (Å²) in [6.45, 7) is 2.07. The zero-order valence-corrected chi connectivity index (χ0v) is 18.7. The van der Waals surface area contributed by atoms with Gasteiger partial charge in [0, 0.05) is 11.8 Å². The highest BCUT2D eigenvalue weighted by molar-refractivity contribution is 5.85. The number of aromatic nitrogens is 5. The Morgan fingerprint density at radius 2 is 1.87 bits per heavy atom. The van der Waals surface area contributed by atoms with Gasteiger partial charge in [-0.15, -0.1) is 29.9 Å². The third kappa shape index (κ3) is 4.61. The Balaban J connectivity index is 0.00000136. The minimum Gasteiger partial charge on any atom is -0.496 e. The molecule has 0 bridgehead atoms. The number of hydrogen-bond acceptors (Lipinski definition) is 6. The number of benzene rings is 1. The van der Waals surface area contributed by atoms with Crippen LogP contribution in [0.15, 0.2) is 55.0 Å². The number of hydrogen-bond donors (Lipinski definition) is 2. The van der Waals surface area contributed by atoms with Crippen molar-refractivity contribution in [1.29, 1.82) is 0 Å². The number of methoxy groups -OCH3 is 1. The summed E-state index contributed by atoms with van der Waals surface area (Å²) in [5, 5.41) is 15.9. The lowest BCUT2D eigenvalue weighted by Crippen LogP contribution is -2.29. The first-order chi connectivity index (χ1) is 14.3. The van der Waals surface area contributed by atoms with Crippen LogP contribution in [-0.4, -0.2) is 44.6 Å². The van der Waals surface area contributed by atoms with Gasteiger partial charge in [0.2, 0.25) is 5.95 Å². The molecule has 0 amide bonds. The molecule has 1 saturated heterocycles. The Kier molecular flexibility index (Phi) is 7.37. The lowest BCUT2D eigenvalue weighted by Gasteiger charge is -2.22. The predicted octanol–water partition coefficient (Wildman–Crippen LogP) is 4.11. The van der Waals surface area contributed by atoms with Crippen LogP contribution in [0.5, 0.6) is 5.75 Å². The Labute approximate surface area is 192 Å². The lowest BCUT2D eigenvalue weighted by atomic mass is 10.1. The van der Waals surface area contributed by atoms with Gasteiger partial charge in [-0.25, -0.2) is 9.50 Å². The SMILES string of the molecule is COc1ccccc1-c1ccc2cnc(Nc3cnn(C4CCNCC4)c3)nn12.Cl.Cl. The summed E-state index contributed by atoms with van der Waals surface area (Å²) in [7, 11) is 1.68. The fourth-order valence-electron chi connectivity index (χ4n) is 3.82. The average Bonchev–Trinajstić information content (AvgIpc) is 3.41. The molecule has 1 aliphatic rings. The molecular formula is C21H25Cl2N7O. The quantitative estimate of drug-likeness (QED) is 0.465. The normalized spacial score (nSPS) is 14.0. The van der Waals surface area contributed by atoms with Crippen molar-refractivity contribution in [1.82, 2.24) is 29.7 Å². The van der Waals surface area contributed by atoms with Crippen LogP contribution in [0.4, 0.5) is 11.6 Å². The molecule has 4 aromatic rings. The zero-order valence-electron chi connectivity index (χ0n) is 17.1. The molecule has 0 atom stereocenters. The predicted molar refractivity (Wildman–Crippen MR) is 126 cm³/mol. The molecule has 3 aromatic heterocycles. The molecule has 164 valence electrons. The van der Waals surface area contributed by atoms with Crippen LogP contribution in [-0.2, 0) is 0 Å². The fourth-order valence-corrected chi connectivity index (χ4v) is 3.82. The number of para-hydroxylation sites is 1. The maximum atomic E-state index is 5.52. The molecule has 1 fully saturated rings. The first-order valence-corrected chi connectivity index (χ1v) is 9.82. The van der Waals surface area contributed by atoms with E-state index in [1.165, 1.54) is 0 Å². The second-order valence-electron chi connectivity index (χ2n) is 7.15. The minimum atomic E-state index is 0. The van der Waals surface area contributed by atoms with Gasteiger partial charge in [-0.1, -0.05) is 12.1 Å². The summed E-state index contributed by atoms with van der Waals surface area (Å²) >= 11 is 0. The maximum absolute atomic E-state index is 5.52. The van der Waals surface area contributed by atoms with E-state index < -0.39 is 0 Å². The van der Waals surface area contributed by atoms with Crippen molar-refractivity contribution in [3.05, 3.63) is 55.0 Å². The molecule has 1 aromatic carbocycles. The number of piperidine rings is 1. The van der Waals surface area contributed by atoms with Gasteiger partial charge >= 0.3 is 0 Å². The van der Waals surface area contributed by atoms with Crippen LogP contribution >= 0.6 is 24.8 Å².